The number of halogens is 2. The number of hydrogen-bond donors (Lipinski definition) is 1. The van der Waals surface area contributed by atoms with E-state index in [0.717, 1.165) is 18.2 Å². The van der Waals surface area contributed by atoms with Crippen LogP contribution in [0.5, 0.6) is 0 Å². The number of benzene rings is 1. The molecule has 0 unspecified atom stereocenters. The molecule has 1 aliphatic rings. The molecule has 2 heterocycles. The maximum atomic E-state index is 13.9. The van der Waals surface area contributed by atoms with Crippen molar-refractivity contribution in [1.29, 1.82) is 0 Å². The number of aliphatic hydroxyl groups is 1. The highest BCUT2D eigenvalue weighted by molar-refractivity contribution is 7.08. The first-order chi connectivity index (χ1) is 10.1. The van der Waals surface area contributed by atoms with Gasteiger partial charge < -0.3 is 10.0 Å². The van der Waals surface area contributed by atoms with E-state index in [1.54, 1.807) is 16.8 Å². The van der Waals surface area contributed by atoms with Gasteiger partial charge in [0.2, 0.25) is 0 Å². The van der Waals surface area contributed by atoms with E-state index in [4.69, 9.17) is 0 Å². The predicted octanol–water partition coefficient (Wildman–Crippen LogP) is 2.97. The number of thiophene rings is 1. The minimum atomic E-state index is -0.736. The van der Waals surface area contributed by atoms with Crippen molar-refractivity contribution in [3.8, 4) is 0 Å². The van der Waals surface area contributed by atoms with Crippen molar-refractivity contribution < 1.29 is 18.7 Å². The Morgan fingerprint density at radius 3 is 2.86 bits per heavy atom. The molecule has 1 amide bonds. The third-order valence-electron chi connectivity index (χ3n) is 3.63. The van der Waals surface area contributed by atoms with E-state index in [1.807, 2.05) is 0 Å². The molecular formula is C15H13F2NO2S. The smallest absolute Gasteiger partial charge is 0.255 e. The number of likely N-dealkylation sites (tertiary alicyclic amines) is 1. The first-order valence-corrected chi connectivity index (χ1v) is 7.46. The third-order valence-corrected chi connectivity index (χ3v) is 4.31. The van der Waals surface area contributed by atoms with Gasteiger partial charge >= 0.3 is 0 Å². The normalized spacial score (nSPS) is 21.8. The number of amides is 1. The zero-order valence-corrected chi connectivity index (χ0v) is 11.8. The van der Waals surface area contributed by atoms with Crippen molar-refractivity contribution in [1.82, 2.24) is 4.90 Å². The molecule has 1 aliphatic heterocycles. The van der Waals surface area contributed by atoms with Crippen LogP contribution in [0.2, 0.25) is 0 Å². The summed E-state index contributed by atoms with van der Waals surface area (Å²) in [7, 11) is 0. The van der Waals surface area contributed by atoms with E-state index < -0.39 is 23.8 Å². The van der Waals surface area contributed by atoms with Gasteiger partial charge in [-0.25, -0.2) is 8.78 Å². The molecule has 2 atom stereocenters. The topological polar surface area (TPSA) is 40.5 Å². The van der Waals surface area contributed by atoms with Gasteiger partial charge in [-0.1, -0.05) is 0 Å². The van der Waals surface area contributed by atoms with Crippen molar-refractivity contribution in [3.63, 3.8) is 0 Å². The average Bonchev–Trinajstić information content (AvgIpc) is 3.10. The molecule has 1 fully saturated rings. The van der Waals surface area contributed by atoms with Crippen LogP contribution in [0.4, 0.5) is 8.78 Å². The molecular weight excluding hydrogens is 296 g/mol. The fraction of sp³-hybridized carbons (Fsp3) is 0.267. The monoisotopic (exact) mass is 309 g/mol. The molecule has 1 N–H and O–H groups in total. The zero-order valence-electron chi connectivity index (χ0n) is 11.0. The SMILES string of the molecule is O=C(c1ccsc1)N1C[C@H](O)C[C@H]1c1cc(F)ccc1F. The largest absolute Gasteiger partial charge is 0.391 e. The highest BCUT2D eigenvalue weighted by atomic mass is 32.1. The molecule has 0 aliphatic carbocycles. The standard InChI is InChI=1S/C15H13F2NO2S/c16-10-1-2-13(17)12(5-10)14-6-11(19)7-18(14)15(20)9-3-4-21-8-9/h1-5,8,11,14,19H,6-7H2/t11-,14+/m1/s1. The van der Waals surface area contributed by atoms with Gasteiger partial charge in [0.25, 0.3) is 5.91 Å². The number of carbonyl (C=O) groups is 1. The lowest BCUT2D eigenvalue weighted by molar-refractivity contribution is 0.0714. The van der Waals surface area contributed by atoms with Crippen LogP contribution >= 0.6 is 11.3 Å². The second-order valence-corrected chi connectivity index (χ2v) is 5.82. The molecule has 1 saturated heterocycles. The summed E-state index contributed by atoms with van der Waals surface area (Å²) >= 11 is 1.39. The number of rotatable bonds is 2. The van der Waals surface area contributed by atoms with Gasteiger partial charge in [-0.15, -0.1) is 0 Å². The van der Waals surface area contributed by atoms with Crippen LogP contribution in [0.25, 0.3) is 0 Å². The molecule has 3 rings (SSSR count). The van der Waals surface area contributed by atoms with Crippen LogP contribution in [-0.4, -0.2) is 28.6 Å². The van der Waals surface area contributed by atoms with E-state index in [1.165, 1.54) is 16.2 Å². The summed E-state index contributed by atoms with van der Waals surface area (Å²) < 4.78 is 27.3. The number of aliphatic hydroxyl groups excluding tert-OH is 1. The van der Waals surface area contributed by atoms with Crippen LogP contribution in [-0.2, 0) is 0 Å². The summed E-state index contributed by atoms with van der Waals surface area (Å²) in [5, 5.41) is 13.3. The Morgan fingerprint density at radius 1 is 1.33 bits per heavy atom. The van der Waals surface area contributed by atoms with E-state index in [9.17, 15) is 18.7 Å². The molecule has 3 nitrogen and oxygen atoms in total. The molecule has 1 aromatic heterocycles. The van der Waals surface area contributed by atoms with Crippen LogP contribution in [0.15, 0.2) is 35.0 Å². The Kier molecular flexibility index (Phi) is 3.73. The van der Waals surface area contributed by atoms with Crippen molar-refractivity contribution >= 4 is 17.2 Å². The lowest BCUT2D eigenvalue weighted by atomic mass is 10.0. The molecule has 6 heteroatoms. The lowest BCUT2D eigenvalue weighted by Crippen LogP contribution is -2.31. The molecule has 0 spiro atoms. The highest BCUT2D eigenvalue weighted by Crippen LogP contribution is 2.35. The molecule has 0 radical (unpaired) electrons. The summed E-state index contributed by atoms with van der Waals surface area (Å²) in [6.07, 6.45) is -0.531. The van der Waals surface area contributed by atoms with Crippen LogP contribution in [0.1, 0.15) is 28.4 Å². The quantitative estimate of drug-likeness (QED) is 0.926. The van der Waals surface area contributed by atoms with Crippen LogP contribution in [0, 0.1) is 11.6 Å². The van der Waals surface area contributed by atoms with Gasteiger partial charge in [0.1, 0.15) is 11.6 Å². The maximum Gasteiger partial charge on any atom is 0.255 e. The van der Waals surface area contributed by atoms with Crippen molar-refractivity contribution in [3.05, 3.63) is 57.8 Å². The summed E-state index contributed by atoms with van der Waals surface area (Å²) in [6.45, 7) is 0.120. The fourth-order valence-electron chi connectivity index (χ4n) is 2.66. The van der Waals surface area contributed by atoms with Crippen LogP contribution in [0.3, 0.4) is 0 Å². The lowest BCUT2D eigenvalue weighted by Gasteiger charge is -2.24. The molecule has 0 saturated carbocycles. The maximum absolute atomic E-state index is 13.9. The Bertz CT molecular complexity index is 660. The van der Waals surface area contributed by atoms with Gasteiger partial charge in [0.05, 0.1) is 17.7 Å². The van der Waals surface area contributed by atoms with Gasteiger partial charge in [0.15, 0.2) is 0 Å². The van der Waals surface area contributed by atoms with Crippen molar-refractivity contribution in [2.24, 2.45) is 0 Å². The Balaban J connectivity index is 1.96. The Morgan fingerprint density at radius 2 is 2.14 bits per heavy atom. The van der Waals surface area contributed by atoms with E-state index in [0.29, 0.717) is 5.56 Å². The second kappa shape index (κ2) is 5.54. The summed E-state index contributed by atoms with van der Waals surface area (Å²) in [5.74, 6) is -1.41. The average molecular weight is 309 g/mol. The molecule has 21 heavy (non-hydrogen) atoms. The molecule has 0 bridgehead atoms. The zero-order chi connectivity index (χ0) is 15.0. The van der Waals surface area contributed by atoms with E-state index >= 15 is 0 Å². The molecule has 2 aromatic rings. The third kappa shape index (κ3) is 2.69. The predicted molar refractivity (Wildman–Crippen MR) is 75.1 cm³/mol. The van der Waals surface area contributed by atoms with E-state index in [-0.39, 0.29) is 24.4 Å². The number of carbonyl (C=O) groups excluding carboxylic acids is 1. The molecule has 110 valence electrons. The van der Waals surface area contributed by atoms with Crippen LogP contribution < -0.4 is 0 Å². The van der Waals surface area contributed by atoms with Gasteiger partial charge in [-0.3, -0.25) is 4.79 Å². The Labute approximate surface area is 124 Å². The number of β-amino-alcohol motifs (C(OH)–C–C–N with tert-alkyl or cyclic N) is 1. The van der Waals surface area contributed by atoms with Crippen molar-refractivity contribution in [2.45, 2.75) is 18.6 Å². The number of nitrogens with zero attached hydrogens (tertiary/aromatic N) is 1. The fourth-order valence-corrected chi connectivity index (χ4v) is 3.28. The summed E-state index contributed by atoms with van der Waals surface area (Å²) in [5.41, 5.74) is 0.603. The minimum absolute atomic E-state index is 0.107. The second-order valence-electron chi connectivity index (χ2n) is 5.04. The first kappa shape index (κ1) is 14.2. The van der Waals surface area contributed by atoms with E-state index in [2.05, 4.69) is 0 Å². The molecule has 1 aromatic carbocycles. The van der Waals surface area contributed by atoms with Gasteiger partial charge in [-0.05, 0) is 36.1 Å². The minimum Gasteiger partial charge on any atom is -0.391 e. The highest BCUT2D eigenvalue weighted by Gasteiger charge is 2.37. The van der Waals surface area contributed by atoms with Gasteiger partial charge in [0, 0.05) is 17.5 Å². The van der Waals surface area contributed by atoms with Gasteiger partial charge in [-0.2, -0.15) is 11.3 Å². The number of hydrogen-bond acceptors (Lipinski definition) is 3. The van der Waals surface area contributed by atoms with Crippen molar-refractivity contribution in [2.75, 3.05) is 6.54 Å². The Hall–Kier alpha value is -1.79. The summed E-state index contributed by atoms with van der Waals surface area (Å²) in [4.78, 5) is 13.8. The first-order valence-electron chi connectivity index (χ1n) is 6.52. The summed E-state index contributed by atoms with van der Waals surface area (Å²) in [6, 6.07) is 4.20.